The van der Waals surface area contributed by atoms with E-state index < -0.39 is 16.3 Å². The number of ether oxygens (including phenoxy) is 1. The summed E-state index contributed by atoms with van der Waals surface area (Å²) in [5.74, 6) is 0. The second kappa shape index (κ2) is 6.10. The monoisotopic (exact) mass is 301 g/mol. The standard InChI is InChI=1S/C12H19N3O4S/c1-12(2,8-13)9-4-6-10(7-5-9)14-20(17,18)15-11(16)19-3/h4-7,14H,8,13H2,1-3H3,(H,15,16). The smallest absolute Gasteiger partial charge is 0.422 e. The van der Waals surface area contributed by atoms with E-state index in [1.54, 1.807) is 29.0 Å². The van der Waals surface area contributed by atoms with E-state index in [0.717, 1.165) is 12.7 Å². The number of carbonyl (C=O) groups excluding carboxylic acids is 1. The number of methoxy groups -OCH3 is 1. The third kappa shape index (κ3) is 4.39. The van der Waals surface area contributed by atoms with Crippen LogP contribution < -0.4 is 15.2 Å². The molecule has 0 aliphatic heterocycles. The number of nitrogens with one attached hydrogen (secondary N) is 2. The van der Waals surface area contributed by atoms with E-state index in [1.165, 1.54) is 0 Å². The van der Waals surface area contributed by atoms with Crippen LogP contribution in [0.15, 0.2) is 24.3 Å². The van der Waals surface area contributed by atoms with Gasteiger partial charge < -0.3 is 10.5 Å². The Hall–Kier alpha value is -1.80. The van der Waals surface area contributed by atoms with Crippen molar-refractivity contribution in [2.24, 2.45) is 5.73 Å². The summed E-state index contributed by atoms with van der Waals surface area (Å²) in [6.07, 6.45) is -1.06. The number of anilines is 1. The quantitative estimate of drug-likeness (QED) is 0.749. The van der Waals surface area contributed by atoms with Crippen molar-refractivity contribution < 1.29 is 17.9 Å². The van der Waals surface area contributed by atoms with Gasteiger partial charge >= 0.3 is 16.3 Å². The molecule has 0 bridgehead atoms. The van der Waals surface area contributed by atoms with E-state index in [1.807, 2.05) is 13.8 Å². The molecular formula is C12H19N3O4S. The fourth-order valence-electron chi connectivity index (χ4n) is 1.44. The third-order valence-electron chi connectivity index (χ3n) is 2.83. The van der Waals surface area contributed by atoms with Crippen molar-refractivity contribution >= 4 is 22.0 Å². The zero-order chi connectivity index (χ0) is 15.4. The van der Waals surface area contributed by atoms with Crippen LogP contribution in [0.5, 0.6) is 0 Å². The number of amides is 1. The molecule has 0 unspecified atom stereocenters. The molecule has 0 radical (unpaired) electrons. The van der Waals surface area contributed by atoms with Crippen LogP contribution in [-0.2, 0) is 20.4 Å². The lowest BCUT2D eigenvalue weighted by Gasteiger charge is -2.23. The summed E-state index contributed by atoms with van der Waals surface area (Å²) in [5, 5.41) is 0. The summed E-state index contributed by atoms with van der Waals surface area (Å²) < 4.78 is 31.2. The van der Waals surface area contributed by atoms with E-state index >= 15 is 0 Å². The van der Waals surface area contributed by atoms with Crippen LogP contribution in [0.2, 0.25) is 0 Å². The molecule has 0 saturated heterocycles. The highest BCUT2D eigenvalue weighted by Gasteiger charge is 2.19. The number of carbonyl (C=O) groups is 1. The molecule has 0 aromatic heterocycles. The van der Waals surface area contributed by atoms with E-state index in [4.69, 9.17) is 5.73 Å². The summed E-state index contributed by atoms with van der Waals surface area (Å²) >= 11 is 0. The van der Waals surface area contributed by atoms with Crippen LogP contribution in [0.3, 0.4) is 0 Å². The molecule has 112 valence electrons. The van der Waals surface area contributed by atoms with E-state index in [0.29, 0.717) is 12.2 Å². The molecule has 8 heteroatoms. The molecular weight excluding hydrogens is 282 g/mol. The number of benzene rings is 1. The van der Waals surface area contributed by atoms with Gasteiger partial charge in [0.25, 0.3) is 0 Å². The molecule has 1 aromatic rings. The zero-order valence-electron chi connectivity index (χ0n) is 11.6. The van der Waals surface area contributed by atoms with Gasteiger partial charge in [0.2, 0.25) is 0 Å². The molecule has 0 fully saturated rings. The Balaban J connectivity index is 2.83. The minimum atomic E-state index is -4.00. The molecule has 1 aromatic carbocycles. The highest BCUT2D eigenvalue weighted by Crippen LogP contribution is 2.23. The SMILES string of the molecule is COC(=O)NS(=O)(=O)Nc1ccc(C(C)(C)CN)cc1. The molecule has 4 N–H and O–H groups in total. The molecule has 0 aliphatic rings. The summed E-state index contributed by atoms with van der Waals surface area (Å²) in [4.78, 5) is 10.9. The van der Waals surface area contributed by atoms with Crippen molar-refractivity contribution in [2.45, 2.75) is 19.3 Å². The van der Waals surface area contributed by atoms with E-state index in [2.05, 4.69) is 9.46 Å². The van der Waals surface area contributed by atoms with Gasteiger partial charge in [-0.15, -0.1) is 0 Å². The first kappa shape index (κ1) is 16.3. The first-order valence-electron chi connectivity index (χ1n) is 5.89. The van der Waals surface area contributed by atoms with Crippen molar-refractivity contribution in [3.8, 4) is 0 Å². The second-order valence-corrected chi connectivity index (χ2v) is 6.28. The Morgan fingerprint density at radius 1 is 1.30 bits per heavy atom. The Bertz CT molecular complexity index is 567. The van der Waals surface area contributed by atoms with Gasteiger partial charge in [0.15, 0.2) is 0 Å². The van der Waals surface area contributed by atoms with Gasteiger partial charge in [0.05, 0.1) is 12.8 Å². The van der Waals surface area contributed by atoms with Crippen molar-refractivity contribution in [3.63, 3.8) is 0 Å². The fourth-order valence-corrected chi connectivity index (χ4v) is 2.24. The van der Waals surface area contributed by atoms with Gasteiger partial charge in [-0.3, -0.25) is 4.72 Å². The molecule has 20 heavy (non-hydrogen) atoms. The van der Waals surface area contributed by atoms with Crippen LogP contribution in [0.25, 0.3) is 0 Å². The lowest BCUT2D eigenvalue weighted by molar-refractivity contribution is 0.177. The van der Waals surface area contributed by atoms with Crippen LogP contribution in [0.4, 0.5) is 10.5 Å². The summed E-state index contributed by atoms with van der Waals surface area (Å²) in [7, 11) is -2.92. The molecule has 7 nitrogen and oxygen atoms in total. The molecule has 1 rings (SSSR count). The maximum Gasteiger partial charge on any atom is 0.422 e. The van der Waals surface area contributed by atoms with Gasteiger partial charge in [-0.2, -0.15) is 8.42 Å². The van der Waals surface area contributed by atoms with Crippen molar-refractivity contribution in [1.29, 1.82) is 0 Å². The van der Waals surface area contributed by atoms with E-state index in [-0.39, 0.29) is 5.41 Å². The lowest BCUT2D eigenvalue weighted by atomic mass is 9.85. The Morgan fingerprint density at radius 2 is 1.85 bits per heavy atom. The summed E-state index contributed by atoms with van der Waals surface area (Å²) in [6.45, 7) is 4.46. The average molecular weight is 301 g/mol. The second-order valence-electron chi connectivity index (χ2n) is 4.86. The topological polar surface area (TPSA) is 111 Å². The molecule has 0 heterocycles. The Kier molecular flexibility index (Phi) is 4.96. The Labute approximate surface area is 118 Å². The normalized spacial score (nSPS) is 11.8. The maximum atomic E-state index is 11.6. The number of hydrogen-bond donors (Lipinski definition) is 3. The zero-order valence-corrected chi connectivity index (χ0v) is 12.5. The van der Waals surface area contributed by atoms with E-state index in [9.17, 15) is 13.2 Å². The molecule has 0 spiro atoms. The van der Waals surface area contributed by atoms with Crippen LogP contribution >= 0.6 is 0 Å². The van der Waals surface area contributed by atoms with Gasteiger partial charge in [-0.25, -0.2) is 9.52 Å². The van der Waals surface area contributed by atoms with Gasteiger partial charge in [0, 0.05) is 12.0 Å². The third-order valence-corrected chi connectivity index (χ3v) is 3.77. The van der Waals surface area contributed by atoms with Crippen LogP contribution in [0, 0.1) is 0 Å². The van der Waals surface area contributed by atoms with Crippen LogP contribution in [0.1, 0.15) is 19.4 Å². The minimum absolute atomic E-state index is 0.193. The highest BCUT2D eigenvalue weighted by molar-refractivity contribution is 7.91. The largest absolute Gasteiger partial charge is 0.452 e. The number of rotatable bonds is 5. The first-order valence-corrected chi connectivity index (χ1v) is 7.37. The van der Waals surface area contributed by atoms with Crippen molar-refractivity contribution in [3.05, 3.63) is 29.8 Å². The highest BCUT2D eigenvalue weighted by atomic mass is 32.2. The average Bonchev–Trinajstić information content (AvgIpc) is 2.38. The molecule has 0 saturated carbocycles. The van der Waals surface area contributed by atoms with Crippen LogP contribution in [-0.4, -0.2) is 28.2 Å². The van der Waals surface area contributed by atoms with Crippen molar-refractivity contribution in [2.75, 3.05) is 18.4 Å². The Morgan fingerprint density at radius 3 is 2.30 bits per heavy atom. The lowest BCUT2D eigenvalue weighted by Crippen LogP contribution is -2.35. The van der Waals surface area contributed by atoms with Gasteiger partial charge in [0.1, 0.15) is 0 Å². The van der Waals surface area contributed by atoms with Gasteiger partial charge in [-0.05, 0) is 17.7 Å². The predicted octanol–water partition coefficient (Wildman–Crippen LogP) is 0.936. The summed E-state index contributed by atoms with van der Waals surface area (Å²) in [6, 6.07) is 6.76. The number of nitrogens with two attached hydrogens (primary N) is 1. The summed E-state index contributed by atoms with van der Waals surface area (Å²) in [5.41, 5.74) is 6.80. The van der Waals surface area contributed by atoms with Gasteiger partial charge in [-0.1, -0.05) is 26.0 Å². The number of hydrogen-bond acceptors (Lipinski definition) is 5. The fraction of sp³-hybridized carbons (Fsp3) is 0.417. The first-order chi connectivity index (χ1) is 9.20. The maximum absolute atomic E-state index is 11.6. The minimum Gasteiger partial charge on any atom is -0.452 e. The predicted molar refractivity (Wildman–Crippen MR) is 76.6 cm³/mol. The molecule has 1 amide bonds. The molecule has 0 atom stereocenters. The van der Waals surface area contributed by atoms with Crippen molar-refractivity contribution in [1.82, 2.24) is 4.72 Å². The molecule has 0 aliphatic carbocycles.